The van der Waals surface area contributed by atoms with Crippen molar-refractivity contribution in [3.8, 4) is 34.2 Å². The molecule has 1 aromatic carbocycles. The number of hydrogen-bond donors (Lipinski definition) is 0. The Morgan fingerprint density at radius 1 is 0.947 bits per heavy atom. The monoisotopic (exact) mass is 498 g/mol. The highest BCUT2D eigenvalue weighted by Crippen LogP contribution is 2.25. The van der Waals surface area contributed by atoms with Gasteiger partial charge >= 0.3 is 0 Å². The Labute approximate surface area is 221 Å². The second kappa shape index (κ2) is 10.3. The van der Waals surface area contributed by atoms with Crippen LogP contribution in [0.1, 0.15) is 28.9 Å². The van der Waals surface area contributed by atoms with Crippen LogP contribution in [0.4, 0.5) is 0 Å². The first-order valence-electron chi connectivity index (χ1n) is 12.7. The molecule has 0 aliphatic carbocycles. The van der Waals surface area contributed by atoms with E-state index in [1.807, 2.05) is 72.7 Å². The van der Waals surface area contributed by atoms with E-state index in [0.29, 0.717) is 18.7 Å². The Bertz CT molecular complexity index is 1660. The van der Waals surface area contributed by atoms with E-state index in [9.17, 15) is 4.79 Å². The first kappa shape index (κ1) is 23.6. The van der Waals surface area contributed by atoms with Crippen molar-refractivity contribution in [1.29, 1.82) is 0 Å². The lowest BCUT2D eigenvalue weighted by atomic mass is 9.96. The van der Waals surface area contributed by atoms with Gasteiger partial charge in [0, 0.05) is 67.4 Å². The lowest BCUT2D eigenvalue weighted by Crippen LogP contribution is -2.38. The molecule has 1 saturated heterocycles. The Hall–Kier alpha value is -4.83. The number of aryl methyl sites for hydroxylation is 1. The number of likely N-dealkylation sites (tertiary alicyclic amines) is 1. The van der Waals surface area contributed by atoms with E-state index in [-0.39, 0.29) is 11.8 Å². The summed E-state index contributed by atoms with van der Waals surface area (Å²) in [4.78, 5) is 28.5. The molecule has 186 valence electrons. The first-order valence-corrected chi connectivity index (χ1v) is 12.7. The zero-order chi connectivity index (χ0) is 25.9. The average molecular weight is 499 g/mol. The summed E-state index contributed by atoms with van der Waals surface area (Å²) in [7, 11) is 1.89. The van der Waals surface area contributed by atoms with Gasteiger partial charge in [0.25, 0.3) is 5.91 Å². The zero-order valence-electron chi connectivity index (χ0n) is 21.1. The molecule has 0 spiro atoms. The number of pyridine rings is 3. The predicted octanol–water partition coefficient (Wildman–Crippen LogP) is 5.00. The van der Waals surface area contributed by atoms with Gasteiger partial charge in [-0.25, -0.2) is 4.98 Å². The number of aromatic nitrogens is 5. The first-order chi connectivity index (χ1) is 18.6. The number of nitrogens with zero attached hydrogens (tertiary/aromatic N) is 6. The summed E-state index contributed by atoms with van der Waals surface area (Å²) < 4.78 is 1.76. The highest BCUT2D eigenvalue weighted by molar-refractivity contribution is 5.94. The molecule has 0 bridgehead atoms. The number of hydrogen-bond acceptors (Lipinski definition) is 5. The molecule has 0 radical (unpaired) electrons. The quantitative estimate of drug-likeness (QED) is 0.327. The van der Waals surface area contributed by atoms with Crippen molar-refractivity contribution in [1.82, 2.24) is 29.6 Å². The highest BCUT2D eigenvalue weighted by atomic mass is 16.2. The molecule has 0 N–H and O–H groups in total. The molecule has 7 heteroatoms. The van der Waals surface area contributed by atoms with Crippen molar-refractivity contribution in [3.63, 3.8) is 0 Å². The molecule has 5 heterocycles. The molecule has 7 nitrogen and oxygen atoms in total. The lowest BCUT2D eigenvalue weighted by molar-refractivity contribution is 0.0708. The molecular formula is C31H26N6O. The summed E-state index contributed by atoms with van der Waals surface area (Å²) in [6.07, 6.45) is 10.7. The van der Waals surface area contributed by atoms with Crippen LogP contribution < -0.4 is 0 Å². The van der Waals surface area contributed by atoms with Crippen LogP contribution in [0, 0.1) is 17.8 Å². The average Bonchev–Trinajstić information content (AvgIpc) is 3.42. The largest absolute Gasteiger partial charge is 0.339 e. The topological polar surface area (TPSA) is 76.8 Å². The Morgan fingerprint density at radius 2 is 1.71 bits per heavy atom. The summed E-state index contributed by atoms with van der Waals surface area (Å²) in [6.45, 7) is 1.38. The van der Waals surface area contributed by atoms with Gasteiger partial charge in [-0.15, -0.1) is 0 Å². The standard InChI is InChI=1S/C31H26N6O/c1-36-21-26(20-34-36)29-19-30-27(3-2-14-33-30)28(35-29)9-4-22-12-17-37(18-13-22)31(38)25-7-5-23(6-8-25)24-10-15-32-16-11-24/h2-3,5-8,10-11,14-16,19-22H,12-13,17-18H2,1H3. The van der Waals surface area contributed by atoms with E-state index >= 15 is 0 Å². The SMILES string of the molecule is Cn1cc(-c2cc3ncccc3c(C#CC3CCN(C(=O)c4ccc(-c5ccncc5)cc4)CC3)n2)cn1. The number of piperidine rings is 1. The van der Waals surface area contributed by atoms with Gasteiger partial charge in [-0.05, 0) is 72.4 Å². The Balaban J connectivity index is 1.15. The van der Waals surface area contributed by atoms with Crippen molar-refractivity contribution in [2.24, 2.45) is 13.0 Å². The van der Waals surface area contributed by atoms with Crippen molar-refractivity contribution in [3.05, 3.63) is 96.8 Å². The number of amides is 1. The van der Waals surface area contributed by atoms with Gasteiger partial charge in [-0.3, -0.25) is 19.4 Å². The molecule has 6 rings (SSSR count). The van der Waals surface area contributed by atoms with E-state index in [2.05, 4.69) is 26.9 Å². The fraction of sp³-hybridized carbons (Fsp3) is 0.194. The minimum Gasteiger partial charge on any atom is -0.339 e. The predicted molar refractivity (Wildman–Crippen MR) is 147 cm³/mol. The van der Waals surface area contributed by atoms with Crippen LogP contribution in [0.15, 0.2) is 85.6 Å². The number of benzene rings is 1. The smallest absolute Gasteiger partial charge is 0.253 e. The maximum Gasteiger partial charge on any atom is 0.253 e. The zero-order valence-corrected chi connectivity index (χ0v) is 21.1. The van der Waals surface area contributed by atoms with E-state index in [4.69, 9.17) is 4.98 Å². The van der Waals surface area contributed by atoms with E-state index in [1.54, 1.807) is 29.5 Å². The number of carbonyl (C=O) groups is 1. The van der Waals surface area contributed by atoms with Crippen molar-refractivity contribution in [2.45, 2.75) is 12.8 Å². The van der Waals surface area contributed by atoms with Gasteiger partial charge in [0.05, 0.1) is 17.4 Å². The molecule has 0 atom stereocenters. The van der Waals surface area contributed by atoms with Gasteiger partial charge in [0.1, 0.15) is 5.69 Å². The van der Waals surface area contributed by atoms with Gasteiger partial charge in [-0.1, -0.05) is 18.1 Å². The summed E-state index contributed by atoms with van der Waals surface area (Å²) >= 11 is 0. The molecule has 1 fully saturated rings. The highest BCUT2D eigenvalue weighted by Gasteiger charge is 2.23. The maximum atomic E-state index is 13.1. The van der Waals surface area contributed by atoms with Crippen LogP contribution in [0.5, 0.6) is 0 Å². The van der Waals surface area contributed by atoms with Crippen LogP contribution in [0.3, 0.4) is 0 Å². The number of fused-ring (bicyclic) bond motifs is 1. The molecule has 1 aliphatic rings. The summed E-state index contributed by atoms with van der Waals surface area (Å²) in [5, 5.41) is 5.21. The van der Waals surface area contributed by atoms with Gasteiger partial charge < -0.3 is 4.90 Å². The second-order valence-electron chi connectivity index (χ2n) is 9.48. The summed E-state index contributed by atoms with van der Waals surface area (Å²) in [6, 6.07) is 17.6. The molecule has 38 heavy (non-hydrogen) atoms. The van der Waals surface area contributed by atoms with Crippen LogP contribution in [-0.2, 0) is 7.05 Å². The summed E-state index contributed by atoms with van der Waals surface area (Å²) in [5.74, 6) is 7.05. The number of rotatable bonds is 3. The van der Waals surface area contributed by atoms with E-state index in [1.165, 1.54) is 0 Å². The minimum atomic E-state index is 0.0700. The second-order valence-corrected chi connectivity index (χ2v) is 9.48. The minimum absolute atomic E-state index is 0.0700. The van der Waals surface area contributed by atoms with Crippen molar-refractivity contribution < 1.29 is 4.79 Å². The van der Waals surface area contributed by atoms with Gasteiger partial charge in [-0.2, -0.15) is 5.10 Å². The Kier molecular flexibility index (Phi) is 6.37. The summed E-state index contributed by atoms with van der Waals surface area (Å²) in [5.41, 5.74) is 6.20. The van der Waals surface area contributed by atoms with Gasteiger partial charge in [0.15, 0.2) is 0 Å². The molecule has 0 unspecified atom stereocenters. The van der Waals surface area contributed by atoms with Crippen LogP contribution >= 0.6 is 0 Å². The van der Waals surface area contributed by atoms with Crippen molar-refractivity contribution in [2.75, 3.05) is 13.1 Å². The van der Waals surface area contributed by atoms with Crippen LogP contribution in [0.2, 0.25) is 0 Å². The van der Waals surface area contributed by atoms with Crippen LogP contribution in [0.25, 0.3) is 33.3 Å². The third-order valence-corrected chi connectivity index (χ3v) is 6.92. The third-order valence-electron chi connectivity index (χ3n) is 6.92. The fourth-order valence-electron chi connectivity index (χ4n) is 4.80. The molecular weight excluding hydrogens is 472 g/mol. The van der Waals surface area contributed by atoms with E-state index in [0.717, 1.165) is 51.8 Å². The molecule has 0 saturated carbocycles. The Morgan fingerprint density at radius 3 is 2.45 bits per heavy atom. The molecule has 4 aromatic heterocycles. The molecule has 1 amide bonds. The maximum absolute atomic E-state index is 13.1. The van der Waals surface area contributed by atoms with E-state index < -0.39 is 0 Å². The third kappa shape index (κ3) is 4.89. The normalized spacial score (nSPS) is 13.8. The van der Waals surface area contributed by atoms with Crippen LogP contribution in [-0.4, -0.2) is 48.6 Å². The fourth-order valence-corrected chi connectivity index (χ4v) is 4.80. The molecule has 5 aromatic rings. The lowest BCUT2D eigenvalue weighted by Gasteiger charge is -2.30. The van der Waals surface area contributed by atoms with Crippen molar-refractivity contribution >= 4 is 16.8 Å². The molecule has 1 aliphatic heterocycles. The van der Waals surface area contributed by atoms with Gasteiger partial charge in [0.2, 0.25) is 0 Å². The number of carbonyl (C=O) groups excluding carboxylic acids is 1.